The molecule has 0 amide bonds. The molecule has 116 valence electrons. The Morgan fingerprint density at radius 1 is 1.33 bits per heavy atom. The van der Waals surface area contributed by atoms with E-state index in [1.165, 1.54) is 45.2 Å². The summed E-state index contributed by atoms with van der Waals surface area (Å²) in [6.45, 7) is 2.54. The molecule has 0 aliphatic heterocycles. The molecule has 2 N–H and O–H groups in total. The number of nitrogens with one attached hydrogen (secondary N) is 1. The lowest BCUT2D eigenvalue weighted by atomic mass is 9.95. The Morgan fingerprint density at radius 2 is 1.95 bits per heavy atom. The quantitative estimate of drug-likeness (QED) is 0.754. The van der Waals surface area contributed by atoms with Crippen LogP contribution in [0.15, 0.2) is 29.2 Å². The second kappa shape index (κ2) is 6.23. The van der Waals surface area contributed by atoms with Crippen LogP contribution in [0.1, 0.15) is 24.2 Å². The maximum absolute atomic E-state index is 12.1. The van der Waals surface area contributed by atoms with Crippen molar-refractivity contribution in [1.82, 2.24) is 4.72 Å². The van der Waals surface area contributed by atoms with Crippen LogP contribution in [0.4, 0.5) is 0 Å². The minimum absolute atomic E-state index is 0.0952. The predicted molar refractivity (Wildman–Crippen MR) is 74.4 cm³/mol. The first kappa shape index (κ1) is 17.1. The van der Waals surface area contributed by atoms with Gasteiger partial charge in [-0.05, 0) is 32.0 Å². The zero-order chi connectivity index (χ0) is 16.3. The third-order valence-electron chi connectivity index (χ3n) is 2.85. The minimum Gasteiger partial charge on any atom is -0.481 e. The van der Waals surface area contributed by atoms with Crippen molar-refractivity contribution >= 4 is 22.0 Å². The molecule has 0 aliphatic carbocycles. The molecule has 8 heteroatoms. The molecule has 0 saturated carbocycles. The van der Waals surface area contributed by atoms with E-state index in [1.54, 1.807) is 0 Å². The molecule has 7 nitrogen and oxygen atoms in total. The van der Waals surface area contributed by atoms with E-state index >= 15 is 0 Å². The Labute approximate surface area is 123 Å². The van der Waals surface area contributed by atoms with E-state index in [2.05, 4.69) is 9.46 Å². The first-order valence-electron chi connectivity index (χ1n) is 6.01. The number of carbonyl (C=O) groups is 2. The molecule has 0 aliphatic rings. The number of carboxylic acids is 1. The summed E-state index contributed by atoms with van der Waals surface area (Å²) in [6, 6.07) is 5.31. The van der Waals surface area contributed by atoms with Crippen LogP contribution in [0.3, 0.4) is 0 Å². The smallest absolute Gasteiger partial charge is 0.337 e. The van der Waals surface area contributed by atoms with E-state index in [0.717, 1.165) is 0 Å². The number of methoxy groups -OCH3 is 1. The molecule has 1 aromatic rings. The van der Waals surface area contributed by atoms with E-state index in [1.807, 2.05) is 0 Å². The minimum atomic E-state index is -3.91. The summed E-state index contributed by atoms with van der Waals surface area (Å²) in [5, 5.41) is 8.96. The SMILES string of the molecule is COC(=O)c1cccc(S(=O)(=O)NCC(C)(C)C(=O)O)c1. The maximum atomic E-state index is 12.1. The van der Waals surface area contributed by atoms with E-state index in [9.17, 15) is 18.0 Å². The number of hydrogen-bond acceptors (Lipinski definition) is 5. The van der Waals surface area contributed by atoms with Gasteiger partial charge < -0.3 is 9.84 Å². The standard InChI is InChI=1S/C13H17NO6S/c1-13(2,12(16)17)8-14-21(18,19)10-6-4-5-9(7-10)11(15)20-3/h4-7,14H,8H2,1-3H3,(H,16,17). The zero-order valence-electron chi connectivity index (χ0n) is 11.9. The summed E-state index contributed by atoms with van der Waals surface area (Å²) >= 11 is 0. The largest absolute Gasteiger partial charge is 0.481 e. The van der Waals surface area contributed by atoms with Gasteiger partial charge in [0.05, 0.1) is 23.0 Å². The van der Waals surface area contributed by atoms with Gasteiger partial charge in [-0.15, -0.1) is 0 Å². The fourth-order valence-corrected chi connectivity index (χ4v) is 2.60. The highest BCUT2D eigenvalue weighted by Crippen LogP contribution is 2.17. The Hall–Kier alpha value is -1.93. The first-order valence-corrected chi connectivity index (χ1v) is 7.50. The first-order chi connectivity index (χ1) is 9.60. The van der Waals surface area contributed by atoms with E-state index in [0.29, 0.717) is 0 Å². The Bertz CT molecular complexity index is 650. The highest BCUT2D eigenvalue weighted by Gasteiger charge is 2.29. The van der Waals surface area contributed by atoms with Crippen molar-refractivity contribution in [2.45, 2.75) is 18.7 Å². The molecule has 0 bridgehead atoms. The van der Waals surface area contributed by atoms with E-state index < -0.39 is 27.4 Å². The number of hydrogen-bond donors (Lipinski definition) is 2. The van der Waals surface area contributed by atoms with Crippen LogP contribution in [-0.4, -0.2) is 39.1 Å². The molecule has 0 fully saturated rings. The van der Waals surface area contributed by atoms with Crippen molar-refractivity contribution in [3.05, 3.63) is 29.8 Å². The second-order valence-electron chi connectivity index (χ2n) is 5.03. The fraction of sp³-hybridized carbons (Fsp3) is 0.385. The van der Waals surface area contributed by atoms with Crippen LogP contribution in [0.2, 0.25) is 0 Å². The highest BCUT2D eigenvalue weighted by atomic mass is 32.2. The molecule has 1 rings (SSSR count). The number of benzene rings is 1. The summed E-state index contributed by atoms with van der Waals surface area (Å²) in [5.41, 5.74) is -1.15. The summed E-state index contributed by atoms with van der Waals surface area (Å²) in [6.07, 6.45) is 0. The molecule has 0 aromatic heterocycles. The second-order valence-corrected chi connectivity index (χ2v) is 6.80. The van der Waals surface area contributed by atoms with Gasteiger partial charge in [0, 0.05) is 6.54 Å². The van der Waals surface area contributed by atoms with Gasteiger partial charge in [0.1, 0.15) is 0 Å². The fourth-order valence-electron chi connectivity index (χ4n) is 1.34. The van der Waals surface area contributed by atoms with Crippen LogP contribution in [0, 0.1) is 5.41 Å². The van der Waals surface area contributed by atoms with E-state index in [-0.39, 0.29) is 17.0 Å². The highest BCUT2D eigenvalue weighted by molar-refractivity contribution is 7.89. The van der Waals surface area contributed by atoms with E-state index in [4.69, 9.17) is 5.11 Å². The van der Waals surface area contributed by atoms with Crippen LogP contribution in [0.25, 0.3) is 0 Å². The number of esters is 1. The molecule has 1 aromatic carbocycles. The number of ether oxygens (including phenoxy) is 1. The third kappa shape index (κ3) is 4.27. The normalized spacial score (nSPS) is 12.0. The molecule has 0 heterocycles. The van der Waals surface area contributed by atoms with Crippen LogP contribution >= 0.6 is 0 Å². The van der Waals surface area contributed by atoms with Crippen LogP contribution in [0.5, 0.6) is 0 Å². The Morgan fingerprint density at radius 3 is 2.48 bits per heavy atom. The lowest BCUT2D eigenvalue weighted by Crippen LogP contribution is -2.38. The number of carbonyl (C=O) groups excluding carboxylic acids is 1. The van der Waals surface area contributed by atoms with Crippen molar-refractivity contribution in [3.8, 4) is 0 Å². The number of aliphatic carboxylic acids is 1. The average molecular weight is 315 g/mol. The van der Waals surface area contributed by atoms with Gasteiger partial charge in [-0.1, -0.05) is 6.07 Å². The monoisotopic (exact) mass is 315 g/mol. The molecule has 0 unspecified atom stereocenters. The summed E-state index contributed by atoms with van der Waals surface area (Å²) in [5.74, 6) is -1.77. The topological polar surface area (TPSA) is 110 Å². The molecule has 0 radical (unpaired) electrons. The van der Waals surface area contributed by atoms with Crippen LogP contribution in [-0.2, 0) is 19.6 Å². The molecular weight excluding hydrogens is 298 g/mol. The number of carboxylic acid groups (broad SMARTS) is 1. The summed E-state index contributed by atoms with van der Waals surface area (Å²) in [4.78, 5) is 22.2. The van der Waals surface area contributed by atoms with Gasteiger partial charge >= 0.3 is 11.9 Å². The molecule has 0 saturated heterocycles. The van der Waals surface area contributed by atoms with Crippen molar-refractivity contribution < 1.29 is 27.9 Å². The number of rotatable bonds is 6. The Balaban J connectivity index is 2.99. The molecular formula is C13H17NO6S. The average Bonchev–Trinajstić information content (AvgIpc) is 2.44. The third-order valence-corrected chi connectivity index (χ3v) is 4.25. The predicted octanol–water partition coefficient (Wildman–Crippen LogP) is 0.862. The molecule has 0 atom stereocenters. The lowest BCUT2D eigenvalue weighted by Gasteiger charge is -2.19. The van der Waals surface area contributed by atoms with Gasteiger partial charge in [0.15, 0.2) is 0 Å². The van der Waals surface area contributed by atoms with Crippen molar-refractivity contribution in [3.63, 3.8) is 0 Å². The van der Waals surface area contributed by atoms with Gasteiger partial charge in [-0.2, -0.15) is 0 Å². The Kier molecular flexibility index (Phi) is 5.08. The number of sulfonamides is 1. The molecule has 0 spiro atoms. The summed E-state index contributed by atoms with van der Waals surface area (Å²) in [7, 11) is -2.72. The van der Waals surface area contributed by atoms with Gasteiger partial charge in [0.2, 0.25) is 10.0 Å². The van der Waals surface area contributed by atoms with Gasteiger partial charge in [0.25, 0.3) is 0 Å². The van der Waals surface area contributed by atoms with Crippen molar-refractivity contribution in [1.29, 1.82) is 0 Å². The van der Waals surface area contributed by atoms with Crippen molar-refractivity contribution in [2.75, 3.05) is 13.7 Å². The zero-order valence-corrected chi connectivity index (χ0v) is 12.7. The molecule has 21 heavy (non-hydrogen) atoms. The lowest BCUT2D eigenvalue weighted by molar-refractivity contribution is -0.146. The van der Waals surface area contributed by atoms with Crippen LogP contribution < -0.4 is 4.72 Å². The summed E-state index contributed by atoms with van der Waals surface area (Å²) < 4.78 is 31.0. The van der Waals surface area contributed by atoms with Gasteiger partial charge in [-0.3, -0.25) is 4.79 Å². The van der Waals surface area contributed by atoms with Gasteiger partial charge in [-0.25, -0.2) is 17.9 Å². The van der Waals surface area contributed by atoms with Crippen molar-refractivity contribution in [2.24, 2.45) is 5.41 Å². The maximum Gasteiger partial charge on any atom is 0.337 e.